The summed E-state index contributed by atoms with van der Waals surface area (Å²) in [6, 6.07) is 13.0. The van der Waals surface area contributed by atoms with E-state index in [4.69, 9.17) is 4.74 Å². The number of thiophene rings is 1. The quantitative estimate of drug-likeness (QED) is 0.817. The molecular weight excluding hydrogens is 254 g/mol. The Hall–Kier alpha value is -1.32. The van der Waals surface area contributed by atoms with Crippen LogP contribution in [0.1, 0.15) is 30.7 Å². The van der Waals surface area contributed by atoms with Crippen LogP contribution in [-0.4, -0.2) is 6.04 Å². The molecule has 2 rings (SSSR count). The van der Waals surface area contributed by atoms with Crippen molar-refractivity contribution in [1.29, 1.82) is 0 Å². The molecule has 0 aliphatic rings. The van der Waals surface area contributed by atoms with Crippen LogP contribution in [-0.2, 0) is 13.2 Å². The number of rotatable bonds is 7. The summed E-state index contributed by atoms with van der Waals surface area (Å²) >= 11 is 1.72. The molecule has 0 unspecified atom stereocenters. The van der Waals surface area contributed by atoms with Gasteiger partial charge < -0.3 is 10.1 Å². The van der Waals surface area contributed by atoms with Crippen molar-refractivity contribution in [3.63, 3.8) is 0 Å². The van der Waals surface area contributed by atoms with E-state index in [1.165, 1.54) is 10.4 Å². The Morgan fingerprint density at radius 2 is 2.00 bits per heavy atom. The molecular formula is C16H21NOS. The van der Waals surface area contributed by atoms with Crippen molar-refractivity contribution in [1.82, 2.24) is 5.32 Å². The second-order valence-electron chi connectivity index (χ2n) is 4.70. The van der Waals surface area contributed by atoms with E-state index in [0.717, 1.165) is 18.7 Å². The number of hydrogen-bond donors (Lipinski definition) is 1. The van der Waals surface area contributed by atoms with Crippen molar-refractivity contribution in [3.05, 3.63) is 52.2 Å². The third kappa shape index (κ3) is 4.69. The number of benzene rings is 1. The Morgan fingerprint density at radius 1 is 1.21 bits per heavy atom. The molecule has 1 atom stereocenters. The molecule has 0 spiro atoms. The summed E-state index contributed by atoms with van der Waals surface area (Å²) in [5, 5.41) is 5.56. The van der Waals surface area contributed by atoms with Gasteiger partial charge in [0.15, 0.2) is 0 Å². The van der Waals surface area contributed by atoms with E-state index < -0.39 is 0 Å². The van der Waals surface area contributed by atoms with Crippen LogP contribution < -0.4 is 10.1 Å². The smallest absolute Gasteiger partial charge is 0.122 e. The molecule has 0 saturated carbocycles. The lowest BCUT2D eigenvalue weighted by molar-refractivity contribution is 0.309. The molecule has 1 N–H and O–H groups in total. The van der Waals surface area contributed by atoms with E-state index in [2.05, 4.69) is 42.7 Å². The summed E-state index contributed by atoms with van der Waals surface area (Å²) in [4.78, 5) is 1.25. The van der Waals surface area contributed by atoms with Gasteiger partial charge in [0.05, 0.1) is 0 Å². The second kappa shape index (κ2) is 7.31. The Morgan fingerprint density at radius 3 is 2.63 bits per heavy atom. The van der Waals surface area contributed by atoms with Crippen LogP contribution in [0.15, 0.2) is 41.8 Å². The fourth-order valence-electron chi connectivity index (χ4n) is 1.69. The van der Waals surface area contributed by atoms with Crippen LogP contribution in [0.2, 0.25) is 0 Å². The Balaban J connectivity index is 1.81. The average Bonchev–Trinajstić information content (AvgIpc) is 2.97. The van der Waals surface area contributed by atoms with Gasteiger partial charge in [-0.05, 0) is 42.5 Å². The molecule has 0 saturated heterocycles. The summed E-state index contributed by atoms with van der Waals surface area (Å²) in [7, 11) is 0. The van der Waals surface area contributed by atoms with Crippen molar-refractivity contribution in [2.24, 2.45) is 0 Å². The largest absolute Gasteiger partial charge is 0.488 e. The summed E-state index contributed by atoms with van der Waals surface area (Å²) in [6.45, 7) is 5.97. The Kier molecular flexibility index (Phi) is 5.43. The molecule has 0 fully saturated rings. The fourth-order valence-corrected chi connectivity index (χ4v) is 2.31. The zero-order valence-corrected chi connectivity index (χ0v) is 12.4. The molecule has 1 heterocycles. The predicted molar refractivity (Wildman–Crippen MR) is 81.7 cm³/mol. The summed E-state index contributed by atoms with van der Waals surface area (Å²) in [5.74, 6) is 0.931. The second-order valence-corrected chi connectivity index (χ2v) is 5.73. The maximum Gasteiger partial charge on any atom is 0.122 e. The lowest BCUT2D eigenvalue weighted by atomic mass is 10.2. The minimum Gasteiger partial charge on any atom is -0.488 e. The van der Waals surface area contributed by atoms with Crippen molar-refractivity contribution in [2.75, 3.05) is 0 Å². The van der Waals surface area contributed by atoms with Crippen molar-refractivity contribution >= 4 is 11.3 Å². The summed E-state index contributed by atoms with van der Waals surface area (Å²) in [5.41, 5.74) is 1.30. The average molecular weight is 275 g/mol. The monoisotopic (exact) mass is 275 g/mol. The fraction of sp³-hybridized carbons (Fsp3) is 0.375. The van der Waals surface area contributed by atoms with Crippen LogP contribution in [0.3, 0.4) is 0 Å². The van der Waals surface area contributed by atoms with Gasteiger partial charge in [-0.2, -0.15) is 0 Å². The van der Waals surface area contributed by atoms with Crippen LogP contribution in [0, 0.1) is 0 Å². The van der Waals surface area contributed by atoms with Gasteiger partial charge in [-0.25, -0.2) is 0 Å². The normalized spacial score (nSPS) is 12.3. The van der Waals surface area contributed by atoms with Gasteiger partial charge >= 0.3 is 0 Å². The first kappa shape index (κ1) is 14.1. The van der Waals surface area contributed by atoms with Gasteiger partial charge in [0.2, 0.25) is 0 Å². The van der Waals surface area contributed by atoms with Gasteiger partial charge in [-0.15, -0.1) is 11.3 Å². The van der Waals surface area contributed by atoms with Gasteiger partial charge in [0.1, 0.15) is 12.4 Å². The zero-order chi connectivity index (χ0) is 13.5. The lowest BCUT2D eigenvalue weighted by Gasteiger charge is -2.11. The topological polar surface area (TPSA) is 21.3 Å². The number of nitrogens with one attached hydrogen (secondary N) is 1. The van der Waals surface area contributed by atoms with E-state index in [9.17, 15) is 0 Å². The maximum absolute atomic E-state index is 5.74. The molecule has 2 nitrogen and oxygen atoms in total. The third-order valence-corrected chi connectivity index (χ3v) is 4.00. The van der Waals surface area contributed by atoms with Crippen LogP contribution >= 0.6 is 11.3 Å². The van der Waals surface area contributed by atoms with E-state index in [0.29, 0.717) is 12.6 Å². The molecule has 1 aromatic carbocycles. The molecule has 0 aliphatic carbocycles. The van der Waals surface area contributed by atoms with Gasteiger partial charge in [0.25, 0.3) is 0 Å². The minimum atomic E-state index is 0.565. The lowest BCUT2D eigenvalue weighted by Crippen LogP contribution is -2.24. The number of hydrogen-bond acceptors (Lipinski definition) is 3. The molecule has 0 aliphatic heterocycles. The molecule has 19 heavy (non-hydrogen) atoms. The van der Waals surface area contributed by atoms with E-state index in [1.807, 2.05) is 18.2 Å². The van der Waals surface area contributed by atoms with E-state index in [1.54, 1.807) is 11.3 Å². The van der Waals surface area contributed by atoms with Gasteiger partial charge in [-0.1, -0.05) is 25.1 Å². The van der Waals surface area contributed by atoms with Crippen LogP contribution in [0.4, 0.5) is 0 Å². The molecule has 0 amide bonds. The first-order valence-electron chi connectivity index (χ1n) is 6.75. The highest BCUT2D eigenvalue weighted by molar-refractivity contribution is 7.09. The Bertz CT molecular complexity index is 464. The number of ether oxygens (including phenoxy) is 1. The van der Waals surface area contributed by atoms with Crippen molar-refractivity contribution in [3.8, 4) is 5.75 Å². The molecule has 0 radical (unpaired) electrons. The summed E-state index contributed by atoms with van der Waals surface area (Å²) < 4.78 is 5.74. The molecule has 0 bridgehead atoms. The SMILES string of the molecule is CC[C@@H](C)NCc1ccc(OCc2cccs2)cc1. The first-order valence-corrected chi connectivity index (χ1v) is 7.63. The van der Waals surface area contributed by atoms with E-state index >= 15 is 0 Å². The van der Waals surface area contributed by atoms with Gasteiger partial charge in [-0.3, -0.25) is 0 Å². The maximum atomic E-state index is 5.74. The molecule has 2 aromatic rings. The highest BCUT2D eigenvalue weighted by Crippen LogP contribution is 2.16. The van der Waals surface area contributed by atoms with Crippen molar-refractivity contribution < 1.29 is 4.74 Å². The Labute approximate surface area is 119 Å². The predicted octanol–water partition coefficient (Wildman–Crippen LogP) is 4.22. The highest BCUT2D eigenvalue weighted by Gasteiger charge is 2.00. The summed E-state index contributed by atoms with van der Waals surface area (Å²) in [6.07, 6.45) is 1.15. The van der Waals surface area contributed by atoms with Crippen LogP contribution in [0.5, 0.6) is 5.75 Å². The van der Waals surface area contributed by atoms with Gasteiger partial charge in [0, 0.05) is 17.5 Å². The standard InChI is InChI=1S/C16H21NOS/c1-3-13(2)17-11-14-6-8-15(9-7-14)18-12-16-5-4-10-19-16/h4-10,13,17H,3,11-12H2,1-2H3/t13-/m1/s1. The molecule has 102 valence electrons. The third-order valence-electron chi connectivity index (χ3n) is 3.15. The van der Waals surface area contributed by atoms with Crippen molar-refractivity contribution in [2.45, 2.75) is 39.5 Å². The van der Waals surface area contributed by atoms with Crippen LogP contribution in [0.25, 0.3) is 0 Å². The minimum absolute atomic E-state index is 0.565. The first-order chi connectivity index (χ1) is 9.28. The molecule has 3 heteroatoms. The zero-order valence-electron chi connectivity index (χ0n) is 11.6. The highest BCUT2D eigenvalue weighted by atomic mass is 32.1. The van der Waals surface area contributed by atoms with E-state index in [-0.39, 0.29) is 0 Å². The molecule has 1 aromatic heterocycles.